The summed E-state index contributed by atoms with van der Waals surface area (Å²) in [6.07, 6.45) is 130. The van der Waals surface area contributed by atoms with E-state index in [0.29, 0.717) is 0 Å². The molecule has 0 bridgehead atoms. The fourth-order valence-electron chi connectivity index (χ4n) is 43.8. The van der Waals surface area contributed by atoms with Gasteiger partial charge in [-0.3, -0.25) is 0 Å². The van der Waals surface area contributed by atoms with Crippen molar-refractivity contribution in [3.63, 3.8) is 0 Å². The molecule has 0 radical (unpaired) electrons. The first-order valence-corrected chi connectivity index (χ1v) is 60.4. The Morgan fingerprint density at radius 2 is 0.254 bits per heavy atom. The molecule has 0 spiro atoms. The molecule has 0 heterocycles. The van der Waals surface area contributed by atoms with Crippen LogP contribution in [-0.2, 0) is 0 Å². The van der Waals surface area contributed by atoms with Crippen LogP contribution >= 0.6 is 0 Å². The molecular formula is C122H206. The molecule has 40 unspecified atom stereocenters. The lowest BCUT2D eigenvalue weighted by Crippen LogP contribution is -2.44. The van der Waals surface area contributed by atoms with Crippen LogP contribution in [0.15, 0.2) is 0 Å². The molecule has 20 aliphatic carbocycles. The van der Waals surface area contributed by atoms with Gasteiger partial charge in [-0.05, 0) is 423 Å². The molecule has 0 saturated heterocycles. The second kappa shape index (κ2) is 43.6. The average Bonchev–Trinajstić information content (AvgIpc) is 0.769. The van der Waals surface area contributed by atoms with Crippen molar-refractivity contribution >= 4 is 0 Å². The minimum Gasteiger partial charge on any atom is -0.0651 e. The molecule has 20 saturated carbocycles. The van der Waals surface area contributed by atoms with E-state index in [1.54, 1.807) is 507 Å². The van der Waals surface area contributed by atoms with Crippen LogP contribution < -0.4 is 0 Å². The molecule has 0 N–H and O–H groups in total. The Labute approximate surface area is 759 Å². The van der Waals surface area contributed by atoms with Crippen molar-refractivity contribution in [3.05, 3.63) is 0 Å². The zero-order chi connectivity index (χ0) is 81.7. The summed E-state index contributed by atoms with van der Waals surface area (Å²) >= 11 is 0. The summed E-state index contributed by atoms with van der Waals surface area (Å²) in [5.41, 5.74) is 0. The van der Waals surface area contributed by atoms with Crippen molar-refractivity contribution in [2.75, 3.05) is 0 Å². The predicted octanol–water partition coefficient (Wildman–Crippen LogP) is 37.2. The van der Waals surface area contributed by atoms with Gasteiger partial charge < -0.3 is 0 Å². The van der Waals surface area contributed by atoms with Gasteiger partial charge in [-0.2, -0.15) is 0 Å². The Kier molecular flexibility index (Phi) is 32.1. The normalized spacial score (nSPS) is 45.8. The zero-order valence-corrected chi connectivity index (χ0v) is 81.7. The van der Waals surface area contributed by atoms with Gasteiger partial charge in [0.1, 0.15) is 0 Å². The van der Waals surface area contributed by atoms with Gasteiger partial charge in [0, 0.05) is 0 Å². The average molecular weight is 1670 g/mol. The molecule has 20 aliphatic rings. The van der Waals surface area contributed by atoms with Crippen LogP contribution in [0.5, 0.6) is 0 Å². The SMILES string of the molecule is CCC(CC(CC(CC(CC(CC(CC(CC(CC(CC(C)C1CCCC2CCCCC21)C1CCCC2CCCCC21)C1CCCC2CCCCC21)C1CCCC2CCCCC21)C1CCCC2CCCCC21)C1CCCC2CCCCC21)C1CCCC2CCCCC21)C1CCCC2CCCCC21)C1CCCC2CCCCC21)C1CCCC2CCCCC21. The van der Waals surface area contributed by atoms with Gasteiger partial charge in [-0.25, -0.2) is 0 Å². The molecule has 40 atom stereocenters. The number of hydrogen-bond donors (Lipinski definition) is 0. The van der Waals surface area contributed by atoms with Gasteiger partial charge in [0.15, 0.2) is 0 Å². The van der Waals surface area contributed by atoms with E-state index in [1.807, 2.05) is 0 Å². The summed E-state index contributed by atoms with van der Waals surface area (Å²) < 4.78 is 0. The Morgan fingerprint density at radius 1 is 0.131 bits per heavy atom. The maximum Gasteiger partial charge on any atom is -0.0355 e. The standard InChI is InChI=1S/C122H206/c1-3-84(104-65-25-45-86-35-5-15-55-106(86)104)75-96(116-67-27-47-88-37-7-17-57-108(88)116)77-98(118-69-29-49-90-39-9-19-59-110(90)118)79-100(120-71-31-51-92-41-11-21-61-112(92)120)81-102(122-73-33-53-94-43-13-23-63-114(94)122)82-101(121-72-32-52-93-42-12-22-62-113(93)121)80-99(119-70-30-50-91-40-10-20-60-111(91)119)78-97(117-68-28-48-89-38-8-18-58-109(89)117)76-95(115-66-26-46-87-36-6-16-56-107(87)115)74-83(2)103-64-24-44-85-34-4-14-54-105(85)103/h83-122H,3-82H2,1-2H3. The van der Waals surface area contributed by atoms with Gasteiger partial charge >= 0.3 is 0 Å². The highest BCUT2D eigenvalue weighted by Crippen LogP contribution is 2.65. The Bertz CT molecular complexity index is 3040. The van der Waals surface area contributed by atoms with Crippen LogP contribution in [0.2, 0.25) is 0 Å². The van der Waals surface area contributed by atoms with Gasteiger partial charge in [-0.1, -0.05) is 341 Å². The van der Waals surface area contributed by atoms with Crippen molar-refractivity contribution < 1.29 is 0 Å². The molecule has 0 heteroatoms. The molecule has 122 heavy (non-hydrogen) atoms. The summed E-state index contributed by atoms with van der Waals surface area (Å²) in [6, 6.07) is 0. The van der Waals surface area contributed by atoms with Crippen molar-refractivity contribution in [1.29, 1.82) is 0 Å². The monoisotopic (exact) mass is 1670 g/mol. The first-order chi connectivity index (χ1) is 60.4. The molecule has 0 nitrogen and oxygen atoms in total. The first-order valence-electron chi connectivity index (χ1n) is 60.4. The van der Waals surface area contributed by atoms with Crippen LogP contribution in [0.3, 0.4) is 0 Å². The van der Waals surface area contributed by atoms with Gasteiger partial charge in [0.05, 0.1) is 0 Å². The zero-order valence-electron chi connectivity index (χ0n) is 81.7. The maximum atomic E-state index is 2.99. The van der Waals surface area contributed by atoms with E-state index in [9.17, 15) is 0 Å². The Balaban J connectivity index is 0.703. The molecule has 0 amide bonds. The van der Waals surface area contributed by atoms with Gasteiger partial charge in [0.25, 0.3) is 0 Å². The van der Waals surface area contributed by atoms with Crippen molar-refractivity contribution in [3.8, 4) is 0 Å². The first kappa shape index (κ1) is 89.8. The predicted molar refractivity (Wildman–Crippen MR) is 520 cm³/mol. The highest BCUT2D eigenvalue weighted by Gasteiger charge is 2.55. The lowest BCUT2D eigenvalue weighted by molar-refractivity contribution is -0.0339. The van der Waals surface area contributed by atoms with E-state index in [1.165, 1.54) is 6.42 Å². The second-order valence-electron chi connectivity index (χ2n) is 53.4. The van der Waals surface area contributed by atoms with Gasteiger partial charge in [-0.15, -0.1) is 0 Å². The van der Waals surface area contributed by atoms with E-state index >= 15 is 0 Å². The van der Waals surface area contributed by atoms with Crippen LogP contribution in [0.25, 0.3) is 0 Å². The lowest BCUT2D eigenvalue weighted by atomic mass is 9.52. The number of hydrogen-bond acceptors (Lipinski definition) is 0. The summed E-state index contributed by atoms with van der Waals surface area (Å²) in [7, 11) is 0. The number of rotatable bonds is 29. The third-order valence-electron chi connectivity index (χ3n) is 48.5. The molecule has 20 rings (SSSR count). The summed E-state index contributed by atoms with van der Waals surface area (Å²) in [6.45, 7) is 5.79. The van der Waals surface area contributed by atoms with E-state index in [4.69, 9.17) is 0 Å². The fourth-order valence-corrected chi connectivity index (χ4v) is 43.8. The maximum absolute atomic E-state index is 2.99. The van der Waals surface area contributed by atoms with E-state index in [2.05, 4.69) is 13.8 Å². The molecule has 0 aromatic carbocycles. The Hall–Kier alpha value is 0. The number of fused-ring (bicyclic) bond motifs is 10. The third kappa shape index (κ3) is 20.5. The molecule has 0 aliphatic heterocycles. The van der Waals surface area contributed by atoms with Crippen molar-refractivity contribution in [2.24, 2.45) is 237 Å². The smallest absolute Gasteiger partial charge is 0.0355 e. The molecule has 0 aromatic rings. The van der Waals surface area contributed by atoms with E-state index < -0.39 is 0 Å². The minimum absolute atomic E-state index is 0.955. The summed E-state index contributed by atoms with van der Waals surface area (Å²) in [5, 5.41) is 0. The van der Waals surface area contributed by atoms with Crippen LogP contribution in [0.1, 0.15) is 528 Å². The van der Waals surface area contributed by atoms with Crippen molar-refractivity contribution in [2.45, 2.75) is 528 Å². The summed E-state index contributed by atoms with van der Waals surface area (Å²) in [4.78, 5) is 0. The van der Waals surface area contributed by atoms with Crippen molar-refractivity contribution in [1.82, 2.24) is 0 Å². The quantitative estimate of drug-likeness (QED) is 0.0700. The molecular weight excluding hydrogens is 1470 g/mol. The highest BCUT2D eigenvalue weighted by atomic mass is 14.6. The summed E-state index contributed by atoms with van der Waals surface area (Å²) in [5.74, 6) is 41.9. The lowest BCUT2D eigenvalue weighted by Gasteiger charge is -2.53. The third-order valence-corrected chi connectivity index (χ3v) is 48.5. The highest BCUT2D eigenvalue weighted by molar-refractivity contribution is 5.05. The van der Waals surface area contributed by atoms with Crippen LogP contribution in [-0.4, -0.2) is 0 Å². The molecule has 20 fully saturated rings. The largest absolute Gasteiger partial charge is 0.0651 e. The van der Waals surface area contributed by atoms with E-state index in [0.717, 1.165) is 237 Å². The Morgan fingerprint density at radius 3 is 0.426 bits per heavy atom. The molecule has 694 valence electrons. The van der Waals surface area contributed by atoms with Crippen LogP contribution in [0.4, 0.5) is 0 Å². The second-order valence-corrected chi connectivity index (χ2v) is 53.4. The molecule has 0 aromatic heterocycles. The van der Waals surface area contributed by atoms with Gasteiger partial charge in [0.2, 0.25) is 0 Å². The van der Waals surface area contributed by atoms with Crippen LogP contribution in [0, 0.1) is 237 Å². The topological polar surface area (TPSA) is 0 Å². The van der Waals surface area contributed by atoms with E-state index in [-0.39, 0.29) is 0 Å². The minimum atomic E-state index is 0.955. The fraction of sp³-hybridized carbons (Fsp3) is 1.00.